The molecule has 5 nitrogen and oxygen atoms in total. The van der Waals surface area contributed by atoms with E-state index in [0.29, 0.717) is 5.69 Å². The van der Waals surface area contributed by atoms with Crippen LogP contribution in [0.1, 0.15) is 31.4 Å². The molecule has 0 aliphatic rings. The van der Waals surface area contributed by atoms with Crippen molar-refractivity contribution < 1.29 is 19.1 Å². The molecule has 5 heteroatoms. The summed E-state index contributed by atoms with van der Waals surface area (Å²) in [7, 11) is 0. The van der Waals surface area contributed by atoms with E-state index in [2.05, 4.69) is 12.2 Å². The number of anilines is 1. The van der Waals surface area contributed by atoms with Crippen LogP contribution in [0.5, 0.6) is 5.75 Å². The average molecular weight is 355 g/mol. The number of aryl methyl sites for hydroxylation is 2. The zero-order valence-electron chi connectivity index (χ0n) is 15.5. The summed E-state index contributed by atoms with van der Waals surface area (Å²) in [4.78, 5) is 24.0. The van der Waals surface area contributed by atoms with E-state index in [0.717, 1.165) is 17.7 Å². The number of ether oxygens (including phenoxy) is 2. The number of carbonyl (C=O) groups excluding carboxylic acids is 2. The minimum absolute atomic E-state index is 0.0805. The topological polar surface area (TPSA) is 64.6 Å². The molecule has 1 atom stereocenters. The van der Waals surface area contributed by atoms with E-state index < -0.39 is 12.1 Å². The third-order valence-corrected chi connectivity index (χ3v) is 3.96. The van der Waals surface area contributed by atoms with E-state index >= 15 is 0 Å². The van der Waals surface area contributed by atoms with Crippen LogP contribution in [0.25, 0.3) is 0 Å². The van der Waals surface area contributed by atoms with Gasteiger partial charge < -0.3 is 14.8 Å². The molecule has 26 heavy (non-hydrogen) atoms. The Morgan fingerprint density at radius 3 is 2.42 bits per heavy atom. The molecule has 0 bridgehead atoms. The van der Waals surface area contributed by atoms with Gasteiger partial charge in [0.15, 0.2) is 6.10 Å². The number of amides is 1. The number of esters is 1. The first-order valence-electron chi connectivity index (χ1n) is 8.77. The minimum atomic E-state index is -0.869. The molecule has 0 aliphatic heterocycles. The fraction of sp³-hybridized carbons (Fsp3) is 0.333. The highest BCUT2D eigenvalue weighted by Gasteiger charge is 2.18. The molecule has 0 saturated heterocycles. The van der Waals surface area contributed by atoms with E-state index in [-0.39, 0.29) is 18.9 Å². The number of para-hydroxylation sites is 1. The highest BCUT2D eigenvalue weighted by molar-refractivity contribution is 5.95. The lowest BCUT2D eigenvalue weighted by molar-refractivity contribution is -0.153. The van der Waals surface area contributed by atoms with Gasteiger partial charge in [-0.2, -0.15) is 0 Å². The van der Waals surface area contributed by atoms with Crippen molar-refractivity contribution in [1.82, 2.24) is 0 Å². The van der Waals surface area contributed by atoms with Crippen LogP contribution in [-0.2, 0) is 20.7 Å². The fourth-order valence-electron chi connectivity index (χ4n) is 2.34. The maximum absolute atomic E-state index is 12.1. The highest BCUT2D eigenvalue weighted by atomic mass is 16.5. The zero-order valence-corrected chi connectivity index (χ0v) is 15.5. The zero-order chi connectivity index (χ0) is 18.9. The lowest BCUT2D eigenvalue weighted by atomic mass is 10.1. The highest BCUT2D eigenvalue weighted by Crippen LogP contribution is 2.16. The van der Waals surface area contributed by atoms with Gasteiger partial charge in [-0.15, -0.1) is 0 Å². The summed E-state index contributed by atoms with van der Waals surface area (Å²) in [5.41, 5.74) is 2.87. The first-order chi connectivity index (χ1) is 12.5. The molecule has 0 unspecified atom stereocenters. The van der Waals surface area contributed by atoms with Crippen molar-refractivity contribution >= 4 is 17.6 Å². The molecule has 2 aromatic rings. The summed E-state index contributed by atoms with van der Waals surface area (Å²) in [5.74, 6) is -0.0911. The Balaban J connectivity index is 1.74. The fourth-order valence-corrected chi connectivity index (χ4v) is 2.34. The van der Waals surface area contributed by atoms with Crippen molar-refractivity contribution in [2.45, 2.75) is 39.7 Å². The smallest absolute Gasteiger partial charge is 0.310 e. The summed E-state index contributed by atoms with van der Waals surface area (Å²) >= 11 is 0. The van der Waals surface area contributed by atoms with Crippen molar-refractivity contribution in [3.05, 3.63) is 59.7 Å². The molecule has 2 rings (SSSR count). The Kier molecular flexibility index (Phi) is 7.21. The summed E-state index contributed by atoms with van der Waals surface area (Å²) < 4.78 is 10.7. The molecule has 1 N–H and O–H groups in total. The molecule has 2 aromatic carbocycles. The van der Waals surface area contributed by atoms with Gasteiger partial charge in [-0.3, -0.25) is 9.59 Å². The lowest BCUT2D eigenvalue weighted by Crippen LogP contribution is -2.30. The molecule has 0 saturated carbocycles. The third-order valence-electron chi connectivity index (χ3n) is 3.96. The van der Waals surface area contributed by atoms with Gasteiger partial charge in [0.2, 0.25) is 0 Å². The summed E-state index contributed by atoms with van der Waals surface area (Å²) in [6, 6.07) is 15.2. The Morgan fingerprint density at radius 2 is 1.77 bits per heavy atom. The van der Waals surface area contributed by atoms with Gasteiger partial charge in [0, 0.05) is 5.69 Å². The van der Waals surface area contributed by atoms with E-state index in [9.17, 15) is 9.59 Å². The Bertz CT molecular complexity index is 740. The Hall–Kier alpha value is -2.82. The normalized spacial score (nSPS) is 11.5. The Morgan fingerprint density at radius 1 is 1.08 bits per heavy atom. The standard InChI is InChI=1S/C21H25NO4/c1-4-17-9-11-18(12-10-17)22-21(24)16(3)26-20(23)13-14-25-19-8-6-5-7-15(19)2/h5-12,16H,4,13-14H2,1-3H3,(H,22,24)/t16-/m1/s1. The van der Waals surface area contributed by atoms with Gasteiger partial charge in [0.05, 0.1) is 13.0 Å². The molecule has 0 spiro atoms. The van der Waals surface area contributed by atoms with Crippen molar-refractivity contribution in [3.8, 4) is 5.75 Å². The number of hydrogen-bond donors (Lipinski definition) is 1. The van der Waals surface area contributed by atoms with Crippen molar-refractivity contribution in [2.24, 2.45) is 0 Å². The van der Waals surface area contributed by atoms with Gasteiger partial charge >= 0.3 is 5.97 Å². The van der Waals surface area contributed by atoms with Gasteiger partial charge in [0.25, 0.3) is 5.91 Å². The minimum Gasteiger partial charge on any atom is -0.493 e. The Labute approximate surface area is 154 Å². The summed E-state index contributed by atoms with van der Waals surface area (Å²) in [6.45, 7) is 5.76. The predicted molar refractivity (Wildman–Crippen MR) is 101 cm³/mol. The first kappa shape index (κ1) is 19.5. The van der Waals surface area contributed by atoms with Crippen LogP contribution in [0.4, 0.5) is 5.69 Å². The van der Waals surface area contributed by atoms with Crippen molar-refractivity contribution in [1.29, 1.82) is 0 Å². The molecule has 0 radical (unpaired) electrons. The maximum Gasteiger partial charge on any atom is 0.310 e. The SMILES string of the molecule is CCc1ccc(NC(=O)[C@@H](C)OC(=O)CCOc2ccccc2C)cc1. The van der Waals surface area contributed by atoms with E-state index in [1.807, 2.05) is 55.5 Å². The first-order valence-corrected chi connectivity index (χ1v) is 8.77. The monoisotopic (exact) mass is 355 g/mol. The number of nitrogens with one attached hydrogen (secondary N) is 1. The van der Waals surface area contributed by atoms with Gasteiger partial charge in [-0.1, -0.05) is 37.3 Å². The van der Waals surface area contributed by atoms with E-state index in [1.54, 1.807) is 6.92 Å². The van der Waals surface area contributed by atoms with Crippen LogP contribution < -0.4 is 10.1 Å². The van der Waals surface area contributed by atoms with Gasteiger partial charge in [0.1, 0.15) is 5.75 Å². The molecule has 0 fully saturated rings. The lowest BCUT2D eigenvalue weighted by Gasteiger charge is -2.14. The number of hydrogen-bond acceptors (Lipinski definition) is 4. The second kappa shape index (κ2) is 9.61. The number of rotatable bonds is 8. The van der Waals surface area contributed by atoms with Crippen LogP contribution >= 0.6 is 0 Å². The second-order valence-electron chi connectivity index (χ2n) is 6.04. The molecule has 0 heterocycles. The molecule has 1 amide bonds. The predicted octanol–water partition coefficient (Wildman–Crippen LogP) is 3.90. The van der Waals surface area contributed by atoms with Crippen LogP contribution in [0.3, 0.4) is 0 Å². The number of carbonyl (C=O) groups is 2. The van der Waals surface area contributed by atoms with Crippen molar-refractivity contribution in [3.63, 3.8) is 0 Å². The molecule has 0 aromatic heterocycles. The van der Waals surface area contributed by atoms with Gasteiger partial charge in [-0.05, 0) is 49.6 Å². The third kappa shape index (κ3) is 5.92. The molecular weight excluding hydrogens is 330 g/mol. The van der Waals surface area contributed by atoms with Crippen LogP contribution in [-0.4, -0.2) is 24.6 Å². The molecule has 138 valence electrons. The van der Waals surface area contributed by atoms with Crippen LogP contribution in [0.15, 0.2) is 48.5 Å². The van der Waals surface area contributed by atoms with Crippen LogP contribution in [0.2, 0.25) is 0 Å². The van der Waals surface area contributed by atoms with Gasteiger partial charge in [-0.25, -0.2) is 0 Å². The van der Waals surface area contributed by atoms with E-state index in [4.69, 9.17) is 9.47 Å². The summed E-state index contributed by atoms with van der Waals surface area (Å²) in [5, 5.41) is 2.74. The molecular formula is C21H25NO4. The second-order valence-corrected chi connectivity index (χ2v) is 6.04. The van der Waals surface area contributed by atoms with E-state index in [1.165, 1.54) is 5.56 Å². The molecule has 0 aliphatic carbocycles. The quantitative estimate of drug-likeness (QED) is 0.730. The maximum atomic E-state index is 12.1. The van der Waals surface area contributed by atoms with Crippen molar-refractivity contribution in [2.75, 3.05) is 11.9 Å². The largest absolute Gasteiger partial charge is 0.493 e. The number of benzene rings is 2. The average Bonchev–Trinajstić information content (AvgIpc) is 2.64. The summed E-state index contributed by atoms with van der Waals surface area (Å²) in [6.07, 6.45) is 0.149. The van der Waals surface area contributed by atoms with Crippen LogP contribution in [0, 0.1) is 6.92 Å².